The molecule has 0 amide bonds. The number of anilines is 1. The molecular weight excluding hydrogens is 178 g/mol. The average Bonchev–Trinajstić information content (AvgIpc) is 2.66. The van der Waals surface area contributed by atoms with Crippen LogP contribution in [0.5, 0.6) is 0 Å². The van der Waals surface area contributed by atoms with E-state index >= 15 is 0 Å². The van der Waals surface area contributed by atoms with Crippen molar-refractivity contribution in [2.24, 2.45) is 5.92 Å². The Morgan fingerprint density at radius 1 is 1.36 bits per heavy atom. The Morgan fingerprint density at radius 3 is 2.64 bits per heavy atom. The Kier molecular flexibility index (Phi) is 1.73. The molecule has 0 saturated carbocycles. The molecule has 2 N–H and O–H groups in total. The molecule has 0 radical (unpaired) electrons. The third-order valence-electron chi connectivity index (χ3n) is 3.54. The van der Waals surface area contributed by atoms with Crippen LogP contribution in [0, 0.1) is 5.92 Å². The molecule has 5 heteroatoms. The van der Waals surface area contributed by atoms with E-state index in [2.05, 4.69) is 15.0 Å². The molecule has 0 spiro atoms. The van der Waals surface area contributed by atoms with E-state index in [1.165, 1.54) is 25.9 Å². The lowest BCUT2D eigenvalue weighted by atomic mass is 9.84. The Balaban J connectivity index is 1.89. The van der Waals surface area contributed by atoms with Crippen LogP contribution >= 0.6 is 0 Å². The Morgan fingerprint density at radius 2 is 2.14 bits per heavy atom. The minimum Gasteiger partial charge on any atom is -0.368 e. The molecule has 1 aromatic rings. The van der Waals surface area contributed by atoms with E-state index in [9.17, 15) is 0 Å². The summed E-state index contributed by atoms with van der Waals surface area (Å²) >= 11 is 0. The molecule has 76 valence electrons. The third-order valence-corrected chi connectivity index (χ3v) is 3.54. The Bertz CT molecular complexity index is 326. The summed E-state index contributed by atoms with van der Waals surface area (Å²) in [4.78, 5) is 6.48. The van der Waals surface area contributed by atoms with Gasteiger partial charge in [0.2, 0.25) is 5.95 Å². The fraction of sp³-hybridized carbons (Fsp3) is 0.778. The number of piperidine rings is 3. The smallest absolute Gasteiger partial charge is 0.218 e. The second-order valence-corrected chi connectivity index (χ2v) is 4.27. The molecule has 1 unspecified atom stereocenters. The first kappa shape index (κ1) is 8.23. The quantitative estimate of drug-likeness (QED) is 0.688. The van der Waals surface area contributed by atoms with Crippen molar-refractivity contribution in [1.82, 2.24) is 19.7 Å². The van der Waals surface area contributed by atoms with E-state index in [0.717, 1.165) is 12.5 Å². The molecule has 0 aromatic carbocycles. The Labute approximate surface area is 82.9 Å². The van der Waals surface area contributed by atoms with Crippen LogP contribution < -0.4 is 5.73 Å². The maximum absolute atomic E-state index is 5.77. The summed E-state index contributed by atoms with van der Waals surface area (Å²) in [7, 11) is 0. The van der Waals surface area contributed by atoms with Gasteiger partial charge in [-0.3, -0.25) is 0 Å². The number of rotatable bonds is 1. The van der Waals surface area contributed by atoms with Crippen molar-refractivity contribution in [2.75, 3.05) is 25.4 Å². The summed E-state index contributed by atoms with van der Waals surface area (Å²) in [5.41, 5.74) is 5.77. The van der Waals surface area contributed by atoms with Gasteiger partial charge in [0, 0.05) is 6.54 Å². The number of hydrogen-bond donors (Lipinski definition) is 1. The van der Waals surface area contributed by atoms with Crippen molar-refractivity contribution in [1.29, 1.82) is 0 Å². The number of aromatic nitrogens is 3. The zero-order chi connectivity index (χ0) is 9.54. The minimum atomic E-state index is 0.458. The maximum Gasteiger partial charge on any atom is 0.218 e. The summed E-state index contributed by atoms with van der Waals surface area (Å²) in [6.45, 7) is 3.59. The van der Waals surface area contributed by atoms with Gasteiger partial charge in [-0.15, -0.1) is 0 Å². The summed E-state index contributed by atoms with van der Waals surface area (Å²) in [6.07, 6.45) is 4.11. The minimum absolute atomic E-state index is 0.458. The van der Waals surface area contributed by atoms with Gasteiger partial charge in [-0.2, -0.15) is 5.10 Å². The first-order valence-electron chi connectivity index (χ1n) is 5.22. The highest BCUT2D eigenvalue weighted by atomic mass is 15.4. The van der Waals surface area contributed by atoms with Crippen LogP contribution in [-0.2, 0) is 0 Å². The predicted molar refractivity (Wildman–Crippen MR) is 52.6 cm³/mol. The largest absolute Gasteiger partial charge is 0.368 e. The van der Waals surface area contributed by atoms with Crippen LogP contribution in [-0.4, -0.2) is 39.3 Å². The van der Waals surface area contributed by atoms with Crippen LogP contribution in [0.1, 0.15) is 18.9 Å². The SMILES string of the molecule is Nc1ncnn1C1CN2CCC1CC2. The van der Waals surface area contributed by atoms with Crippen LogP contribution in [0.4, 0.5) is 5.95 Å². The normalized spacial score (nSPS) is 36.1. The van der Waals surface area contributed by atoms with E-state index in [0.29, 0.717) is 12.0 Å². The molecule has 3 aliphatic rings. The highest BCUT2D eigenvalue weighted by Crippen LogP contribution is 2.35. The van der Waals surface area contributed by atoms with Gasteiger partial charge in [-0.05, 0) is 31.8 Å². The van der Waals surface area contributed by atoms with Gasteiger partial charge in [0.1, 0.15) is 6.33 Å². The predicted octanol–water partition coefficient (Wildman–Crippen LogP) is 0.127. The van der Waals surface area contributed by atoms with Gasteiger partial charge < -0.3 is 10.6 Å². The third kappa shape index (κ3) is 1.12. The maximum atomic E-state index is 5.77. The highest BCUT2D eigenvalue weighted by Gasteiger charge is 2.36. The Hall–Kier alpha value is -1.10. The molecule has 2 bridgehead atoms. The van der Waals surface area contributed by atoms with Crippen LogP contribution in [0.15, 0.2) is 6.33 Å². The van der Waals surface area contributed by atoms with Gasteiger partial charge >= 0.3 is 0 Å². The van der Waals surface area contributed by atoms with Crippen molar-refractivity contribution >= 4 is 5.95 Å². The lowest BCUT2D eigenvalue weighted by Gasteiger charge is -2.44. The van der Waals surface area contributed by atoms with Crippen molar-refractivity contribution in [3.63, 3.8) is 0 Å². The van der Waals surface area contributed by atoms with Crippen molar-refractivity contribution in [3.8, 4) is 0 Å². The van der Waals surface area contributed by atoms with E-state index in [4.69, 9.17) is 5.73 Å². The zero-order valence-corrected chi connectivity index (χ0v) is 8.13. The van der Waals surface area contributed by atoms with Crippen molar-refractivity contribution < 1.29 is 0 Å². The van der Waals surface area contributed by atoms with E-state index in [1.54, 1.807) is 6.33 Å². The van der Waals surface area contributed by atoms with Crippen LogP contribution in [0.25, 0.3) is 0 Å². The number of nitrogens with zero attached hydrogens (tertiary/aromatic N) is 4. The van der Waals surface area contributed by atoms with E-state index < -0.39 is 0 Å². The van der Waals surface area contributed by atoms with Crippen molar-refractivity contribution in [2.45, 2.75) is 18.9 Å². The van der Waals surface area contributed by atoms with Gasteiger partial charge in [0.25, 0.3) is 0 Å². The lowest BCUT2D eigenvalue weighted by Crippen LogP contribution is -2.48. The number of fused-ring (bicyclic) bond motifs is 3. The lowest BCUT2D eigenvalue weighted by molar-refractivity contribution is 0.0522. The highest BCUT2D eigenvalue weighted by molar-refractivity contribution is 5.15. The molecule has 0 aliphatic carbocycles. The average molecular weight is 193 g/mol. The molecule has 5 nitrogen and oxygen atoms in total. The molecule has 1 atom stereocenters. The zero-order valence-electron chi connectivity index (χ0n) is 8.13. The second-order valence-electron chi connectivity index (χ2n) is 4.27. The topological polar surface area (TPSA) is 60.0 Å². The standard InChI is InChI=1S/C9H15N5/c10-9-11-6-12-14(9)8-5-13-3-1-7(8)2-4-13/h6-8H,1-5H2,(H2,10,11,12). The number of nitrogens with two attached hydrogens (primary N) is 1. The van der Waals surface area contributed by atoms with Gasteiger partial charge in [0.05, 0.1) is 6.04 Å². The summed E-state index contributed by atoms with van der Waals surface area (Å²) < 4.78 is 1.90. The summed E-state index contributed by atoms with van der Waals surface area (Å²) in [5, 5.41) is 4.21. The summed E-state index contributed by atoms with van der Waals surface area (Å²) in [5.74, 6) is 1.31. The number of hydrogen-bond acceptors (Lipinski definition) is 4. The van der Waals surface area contributed by atoms with Crippen molar-refractivity contribution in [3.05, 3.63) is 6.33 Å². The van der Waals surface area contributed by atoms with Gasteiger partial charge in [0.15, 0.2) is 0 Å². The van der Waals surface area contributed by atoms with E-state index in [-0.39, 0.29) is 0 Å². The molecule has 4 heterocycles. The molecule has 14 heavy (non-hydrogen) atoms. The van der Waals surface area contributed by atoms with Crippen LogP contribution in [0.3, 0.4) is 0 Å². The fourth-order valence-electron chi connectivity index (χ4n) is 2.73. The van der Waals surface area contributed by atoms with E-state index in [1.807, 2.05) is 4.68 Å². The molecule has 3 saturated heterocycles. The number of nitrogen functional groups attached to an aromatic ring is 1. The van der Waals surface area contributed by atoms with Gasteiger partial charge in [-0.1, -0.05) is 0 Å². The van der Waals surface area contributed by atoms with Crippen LogP contribution in [0.2, 0.25) is 0 Å². The van der Waals surface area contributed by atoms with Gasteiger partial charge in [-0.25, -0.2) is 9.67 Å². The molecule has 3 aliphatic heterocycles. The molecule has 3 fully saturated rings. The molecule has 4 rings (SSSR count). The molecular formula is C9H15N5. The fourth-order valence-corrected chi connectivity index (χ4v) is 2.73. The molecule has 1 aromatic heterocycles. The second kappa shape index (κ2) is 2.95. The first-order valence-corrected chi connectivity index (χ1v) is 5.22. The summed E-state index contributed by atoms with van der Waals surface area (Å²) in [6, 6.07) is 0.458. The monoisotopic (exact) mass is 193 g/mol. The first-order chi connectivity index (χ1) is 6.84.